The van der Waals surface area contributed by atoms with Crippen LogP contribution >= 0.6 is 0 Å². The molecule has 4 heteroatoms. The number of carbonyl (C=O) groups is 1. The van der Waals surface area contributed by atoms with Gasteiger partial charge in [0.15, 0.2) is 0 Å². The second kappa shape index (κ2) is 5.05. The highest BCUT2D eigenvalue weighted by atomic mass is 19.3. The van der Waals surface area contributed by atoms with E-state index in [9.17, 15) is 13.6 Å². The highest BCUT2D eigenvalue weighted by Gasteiger charge is 2.16. The Bertz CT molecular complexity index is 400. The van der Waals surface area contributed by atoms with Gasteiger partial charge >= 0.3 is 5.97 Å². The van der Waals surface area contributed by atoms with Crippen molar-refractivity contribution in [2.75, 3.05) is 0 Å². The number of carboxylic acids is 1. The first-order valence-corrected chi connectivity index (χ1v) is 5.08. The average Bonchev–Trinajstić information content (AvgIpc) is 2.19. The number of aliphatic carboxylic acids is 1. The maximum absolute atomic E-state index is 12.7. The maximum Gasteiger partial charge on any atom is 0.307 e. The van der Waals surface area contributed by atoms with Gasteiger partial charge in [0.2, 0.25) is 0 Å². The second-order valence-corrected chi connectivity index (χ2v) is 3.70. The third-order valence-electron chi connectivity index (χ3n) is 2.56. The zero-order valence-electron chi connectivity index (χ0n) is 9.26. The van der Waals surface area contributed by atoms with Gasteiger partial charge in [0.1, 0.15) is 0 Å². The zero-order valence-corrected chi connectivity index (χ0v) is 9.26. The van der Waals surface area contributed by atoms with Crippen molar-refractivity contribution in [3.05, 3.63) is 34.4 Å². The fourth-order valence-electron chi connectivity index (χ4n) is 1.73. The van der Waals surface area contributed by atoms with Gasteiger partial charge in [0.25, 0.3) is 6.43 Å². The Kier molecular flexibility index (Phi) is 3.99. The highest BCUT2D eigenvalue weighted by molar-refractivity contribution is 5.71. The van der Waals surface area contributed by atoms with Gasteiger partial charge in [-0.3, -0.25) is 4.79 Å². The van der Waals surface area contributed by atoms with Crippen molar-refractivity contribution in [2.45, 2.75) is 33.1 Å². The molecule has 1 aromatic carbocycles. The standard InChI is InChI=1S/C12H14F2O2/c1-3-8-5-9(6-11(15)16)10(12(13)14)4-7(8)2/h4-5,12H,3,6H2,1-2H3,(H,15,16). The van der Waals surface area contributed by atoms with Gasteiger partial charge in [0.05, 0.1) is 6.42 Å². The van der Waals surface area contributed by atoms with Crippen LogP contribution in [0.4, 0.5) is 8.78 Å². The first-order valence-electron chi connectivity index (χ1n) is 5.08. The van der Waals surface area contributed by atoms with E-state index >= 15 is 0 Å². The molecule has 0 amide bonds. The molecule has 0 aliphatic rings. The SMILES string of the molecule is CCc1cc(CC(=O)O)c(C(F)F)cc1C. The number of rotatable bonds is 4. The number of alkyl halides is 2. The Labute approximate surface area is 92.9 Å². The Balaban J connectivity index is 3.24. The average molecular weight is 228 g/mol. The van der Waals surface area contributed by atoms with Crippen LogP contribution in [0.15, 0.2) is 12.1 Å². The van der Waals surface area contributed by atoms with Crippen molar-refractivity contribution in [2.24, 2.45) is 0 Å². The van der Waals surface area contributed by atoms with Gasteiger partial charge < -0.3 is 5.11 Å². The van der Waals surface area contributed by atoms with Gasteiger partial charge in [0, 0.05) is 5.56 Å². The van der Waals surface area contributed by atoms with Crippen molar-refractivity contribution >= 4 is 5.97 Å². The molecule has 0 unspecified atom stereocenters. The van der Waals surface area contributed by atoms with Crippen LogP contribution in [0.1, 0.15) is 35.6 Å². The number of hydrogen-bond donors (Lipinski definition) is 1. The van der Waals surface area contributed by atoms with Gasteiger partial charge in [-0.25, -0.2) is 8.78 Å². The molecule has 0 aliphatic carbocycles. The molecular formula is C12H14F2O2. The quantitative estimate of drug-likeness (QED) is 0.859. The summed E-state index contributed by atoms with van der Waals surface area (Å²) in [5, 5.41) is 8.66. The summed E-state index contributed by atoms with van der Waals surface area (Å²) in [5.41, 5.74) is 1.75. The van der Waals surface area contributed by atoms with Crippen molar-refractivity contribution in [3.63, 3.8) is 0 Å². The maximum atomic E-state index is 12.7. The normalized spacial score (nSPS) is 10.8. The number of aryl methyl sites for hydroxylation is 2. The Hall–Kier alpha value is -1.45. The molecule has 2 nitrogen and oxygen atoms in total. The predicted octanol–water partition coefficient (Wildman–Crippen LogP) is 3.12. The molecule has 16 heavy (non-hydrogen) atoms. The molecule has 1 rings (SSSR count). The Morgan fingerprint density at radius 2 is 2.00 bits per heavy atom. The summed E-state index contributed by atoms with van der Waals surface area (Å²) in [5.74, 6) is -1.09. The molecule has 0 heterocycles. The van der Waals surface area contributed by atoms with E-state index in [4.69, 9.17) is 5.11 Å². The molecule has 0 radical (unpaired) electrons. The molecule has 1 N–H and O–H groups in total. The topological polar surface area (TPSA) is 37.3 Å². The lowest BCUT2D eigenvalue weighted by Gasteiger charge is -2.12. The van der Waals surface area contributed by atoms with Crippen LogP contribution in [0.2, 0.25) is 0 Å². The lowest BCUT2D eigenvalue weighted by molar-refractivity contribution is -0.136. The first kappa shape index (κ1) is 12.6. The number of halogens is 2. The second-order valence-electron chi connectivity index (χ2n) is 3.70. The monoisotopic (exact) mass is 228 g/mol. The zero-order chi connectivity index (χ0) is 12.3. The van der Waals surface area contributed by atoms with E-state index < -0.39 is 12.4 Å². The lowest BCUT2D eigenvalue weighted by Crippen LogP contribution is -2.06. The van der Waals surface area contributed by atoms with Gasteiger partial charge in [-0.15, -0.1) is 0 Å². The van der Waals surface area contributed by atoms with Crippen molar-refractivity contribution in [1.82, 2.24) is 0 Å². The smallest absolute Gasteiger partial charge is 0.307 e. The molecular weight excluding hydrogens is 214 g/mol. The Morgan fingerprint density at radius 1 is 1.38 bits per heavy atom. The van der Waals surface area contributed by atoms with Crippen LogP contribution in [0.5, 0.6) is 0 Å². The van der Waals surface area contributed by atoms with E-state index in [1.54, 1.807) is 13.0 Å². The van der Waals surface area contributed by atoms with E-state index in [1.165, 1.54) is 6.07 Å². The summed E-state index contributed by atoms with van der Waals surface area (Å²) < 4.78 is 25.4. The predicted molar refractivity (Wildman–Crippen MR) is 56.9 cm³/mol. The van der Waals surface area contributed by atoms with Crippen LogP contribution in [-0.2, 0) is 17.6 Å². The minimum Gasteiger partial charge on any atom is -0.481 e. The van der Waals surface area contributed by atoms with Crippen LogP contribution in [0.3, 0.4) is 0 Å². The summed E-state index contributed by atoms with van der Waals surface area (Å²) in [6, 6.07) is 2.96. The van der Waals surface area contributed by atoms with Gasteiger partial charge in [-0.2, -0.15) is 0 Å². The molecule has 0 atom stereocenters. The molecule has 1 aromatic rings. The third-order valence-corrected chi connectivity index (χ3v) is 2.56. The van der Waals surface area contributed by atoms with Crippen molar-refractivity contribution in [1.29, 1.82) is 0 Å². The molecule has 0 spiro atoms. The van der Waals surface area contributed by atoms with Gasteiger partial charge in [-0.1, -0.05) is 13.0 Å². The van der Waals surface area contributed by atoms with Crippen LogP contribution < -0.4 is 0 Å². The summed E-state index contributed by atoms with van der Waals surface area (Å²) in [4.78, 5) is 10.6. The van der Waals surface area contributed by atoms with E-state index in [-0.39, 0.29) is 17.5 Å². The lowest BCUT2D eigenvalue weighted by atomic mass is 9.96. The third kappa shape index (κ3) is 2.78. The van der Waals surface area contributed by atoms with Crippen LogP contribution in [-0.4, -0.2) is 11.1 Å². The summed E-state index contributed by atoms with van der Waals surface area (Å²) >= 11 is 0. The summed E-state index contributed by atoms with van der Waals surface area (Å²) in [6.07, 6.45) is -2.27. The molecule has 0 bridgehead atoms. The van der Waals surface area contributed by atoms with E-state index in [1.807, 2.05) is 6.92 Å². The fourth-order valence-corrected chi connectivity index (χ4v) is 1.73. The molecule has 0 saturated heterocycles. The molecule has 0 aliphatic heterocycles. The fraction of sp³-hybridized carbons (Fsp3) is 0.417. The van der Waals surface area contributed by atoms with E-state index in [0.29, 0.717) is 6.42 Å². The van der Waals surface area contributed by atoms with Crippen LogP contribution in [0.25, 0.3) is 0 Å². The van der Waals surface area contributed by atoms with Crippen molar-refractivity contribution < 1.29 is 18.7 Å². The summed E-state index contributed by atoms with van der Waals surface area (Å²) in [7, 11) is 0. The first-order chi connectivity index (χ1) is 7.45. The van der Waals surface area contributed by atoms with E-state index in [0.717, 1.165) is 11.1 Å². The molecule has 88 valence electrons. The Morgan fingerprint density at radius 3 is 2.44 bits per heavy atom. The molecule has 0 fully saturated rings. The molecule has 0 aromatic heterocycles. The number of hydrogen-bond acceptors (Lipinski definition) is 1. The van der Waals surface area contributed by atoms with Crippen LogP contribution in [0, 0.1) is 6.92 Å². The number of carboxylic acid groups (broad SMARTS) is 1. The van der Waals surface area contributed by atoms with E-state index in [2.05, 4.69) is 0 Å². The minimum atomic E-state index is -2.63. The van der Waals surface area contributed by atoms with Crippen molar-refractivity contribution in [3.8, 4) is 0 Å². The number of benzene rings is 1. The molecule has 0 saturated carbocycles. The largest absolute Gasteiger partial charge is 0.481 e. The highest BCUT2D eigenvalue weighted by Crippen LogP contribution is 2.27. The minimum absolute atomic E-state index is 0.169. The van der Waals surface area contributed by atoms with Gasteiger partial charge in [-0.05, 0) is 36.1 Å². The summed E-state index contributed by atoms with van der Waals surface area (Å²) in [6.45, 7) is 3.67.